The minimum atomic E-state index is -0.966. The van der Waals surface area contributed by atoms with Gasteiger partial charge >= 0.3 is 5.97 Å². The summed E-state index contributed by atoms with van der Waals surface area (Å²) >= 11 is 1.10. The number of rotatable bonds is 3. The Morgan fingerprint density at radius 1 is 1.60 bits per heavy atom. The molecule has 6 nitrogen and oxygen atoms in total. The van der Waals surface area contributed by atoms with Crippen LogP contribution in [0.1, 0.15) is 9.67 Å². The average Bonchev–Trinajstić information content (AvgIpc) is 2.88. The Hall–Kier alpha value is -1.89. The van der Waals surface area contributed by atoms with Gasteiger partial charge in [-0.3, -0.25) is 4.90 Å². The van der Waals surface area contributed by atoms with Crippen molar-refractivity contribution >= 4 is 28.4 Å². The fraction of sp³-hybridized carbons (Fsp3) is 0.125. The number of aromatic nitrogens is 3. The highest BCUT2D eigenvalue weighted by atomic mass is 32.1. The van der Waals surface area contributed by atoms with Crippen LogP contribution < -0.4 is 4.90 Å². The summed E-state index contributed by atoms with van der Waals surface area (Å²) in [7, 11) is 1.77. The quantitative estimate of drug-likeness (QED) is 0.821. The predicted octanol–water partition coefficient (Wildman–Crippen LogP) is 1.33. The van der Waals surface area contributed by atoms with Crippen LogP contribution in [0.25, 0.3) is 0 Å². The van der Waals surface area contributed by atoms with E-state index in [0.29, 0.717) is 11.1 Å². The number of nitrogens with one attached hydrogen (secondary N) is 1. The highest BCUT2D eigenvalue weighted by molar-refractivity contribution is 7.17. The molecule has 2 rings (SSSR count). The number of nitrogens with zero attached hydrogens (tertiary/aromatic N) is 3. The number of carboxylic acids is 1. The number of carboxylic acid groups (broad SMARTS) is 1. The number of hydrogen-bond donors (Lipinski definition) is 2. The number of aromatic carboxylic acids is 1. The SMILES string of the molecule is CN(c1ncc[nH]1)c1ncc(C(=O)O)s1. The summed E-state index contributed by atoms with van der Waals surface area (Å²) in [4.78, 5) is 23.5. The number of hydrogen-bond acceptors (Lipinski definition) is 5. The van der Waals surface area contributed by atoms with E-state index >= 15 is 0 Å². The van der Waals surface area contributed by atoms with Crippen molar-refractivity contribution in [2.24, 2.45) is 0 Å². The average molecular weight is 224 g/mol. The first-order valence-electron chi connectivity index (χ1n) is 4.10. The fourth-order valence-electron chi connectivity index (χ4n) is 1.05. The van der Waals surface area contributed by atoms with Gasteiger partial charge in [-0.25, -0.2) is 14.8 Å². The summed E-state index contributed by atoms with van der Waals surface area (Å²) in [6.07, 6.45) is 4.65. The van der Waals surface area contributed by atoms with Crippen LogP contribution in [0.15, 0.2) is 18.6 Å². The van der Waals surface area contributed by atoms with Crippen LogP contribution in [0.4, 0.5) is 11.1 Å². The molecule has 0 saturated heterocycles. The minimum Gasteiger partial charge on any atom is -0.477 e. The van der Waals surface area contributed by atoms with Crippen LogP contribution >= 0.6 is 11.3 Å². The van der Waals surface area contributed by atoms with Crippen molar-refractivity contribution in [3.63, 3.8) is 0 Å². The van der Waals surface area contributed by atoms with Crippen molar-refractivity contribution < 1.29 is 9.90 Å². The first-order valence-corrected chi connectivity index (χ1v) is 4.92. The lowest BCUT2D eigenvalue weighted by Crippen LogP contribution is -2.10. The summed E-state index contributed by atoms with van der Waals surface area (Å²) in [5.74, 6) is -0.340. The lowest BCUT2D eigenvalue weighted by molar-refractivity contribution is 0.0702. The van der Waals surface area contributed by atoms with Crippen molar-refractivity contribution in [1.29, 1.82) is 0 Å². The van der Waals surface area contributed by atoms with Gasteiger partial charge in [0.15, 0.2) is 5.13 Å². The van der Waals surface area contributed by atoms with Crippen molar-refractivity contribution in [2.75, 3.05) is 11.9 Å². The predicted molar refractivity (Wildman–Crippen MR) is 55.7 cm³/mol. The van der Waals surface area contributed by atoms with Gasteiger partial charge < -0.3 is 10.1 Å². The van der Waals surface area contributed by atoms with E-state index in [4.69, 9.17) is 5.11 Å². The molecule has 0 atom stereocenters. The minimum absolute atomic E-state index is 0.211. The molecule has 0 saturated carbocycles. The topological polar surface area (TPSA) is 82.1 Å². The Morgan fingerprint density at radius 3 is 2.93 bits per heavy atom. The maximum atomic E-state index is 10.7. The first kappa shape index (κ1) is 9.66. The number of aromatic amines is 1. The Kier molecular flexibility index (Phi) is 2.38. The van der Waals surface area contributed by atoms with Crippen molar-refractivity contribution in [2.45, 2.75) is 0 Å². The second-order valence-electron chi connectivity index (χ2n) is 2.78. The van der Waals surface area contributed by atoms with Gasteiger partial charge in [-0.1, -0.05) is 11.3 Å². The molecule has 2 aromatic rings. The molecule has 78 valence electrons. The third-order valence-electron chi connectivity index (χ3n) is 1.79. The third kappa shape index (κ3) is 1.82. The highest BCUT2D eigenvalue weighted by Gasteiger charge is 2.13. The van der Waals surface area contributed by atoms with Crippen LogP contribution in [-0.2, 0) is 0 Å². The van der Waals surface area contributed by atoms with E-state index in [0.717, 1.165) is 11.3 Å². The normalized spacial score (nSPS) is 10.2. The van der Waals surface area contributed by atoms with E-state index in [9.17, 15) is 4.79 Å². The molecule has 0 aliphatic rings. The lowest BCUT2D eigenvalue weighted by atomic mass is 10.6. The van der Waals surface area contributed by atoms with Gasteiger partial charge in [0, 0.05) is 19.4 Å². The molecule has 0 aliphatic heterocycles. The van der Waals surface area contributed by atoms with Crippen LogP contribution in [-0.4, -0.2) is 33.1 Å². The second kappa shape index (κ2) is 3.70. The Bertz CT molecular complexity index is 465. The zero-order valence-corrected chi connectivity index (χ0v) is 8.65. The second-order valence-corrected chi connectivity index (χ2v) is 3.79. The molecule has 15 heavy (non-hydrogen) atoms. The molecule has 0 bridgehead atoms. The van der Waals surface area contributed by atoms with Gasteiger partial charge in [0.2, 0.25) is 5.95 Å². The zero-order chi connectivity index (χ0) is 10.8. The highest BCUT2D eigenvalue weighted by Crippen LogP contribution is 2.25. The Labute approximate surface area is 89.2 Å². The fourth-order valence-corrected chi connectivity index (χ4v) is 1.77. The number of carbonyl (C=O) groups is 1. The lowest BCUT2D eigenvalue weighted by Gasteiger charge is -2.10. The molecular weight excluding hydrogens is 216 g/mol. The molecule has 0 spiro atoms. The van der Waals surface area contributed by atoms with E-state index in [2.05, 4.69) is 15.0 Å². The summed E-state index contributed by atoms with van der Waals surface area (Å²) < 4.78 is 0. The van der Waals surface area contributed by atoms with Crippen molar-refractivity contribution in [3.05, 3.63) is 23.5 Å². The van der Waals surface area contributed by atoms with E-state index in [1.165, 1.54) is 6.20 Å². The van der Waals surface area contributed by atoms with Gasteiger partial charge in [0.25, 0.3) is 0 Å². The maximum Gasteiger partial charge on any atom is 0.347 e. The Morgan fingerprint density at radius 2 is 2.40 bits per heavy atom. The van der Waals surface area contributed by atoms with Gasteiger partial charge in [0.05, 0.1) is 6.20 Å². The molecule has 0 fully saturated rings. The molecule has 0 amide bonds. The van der Waals surface area contributed by atoms with E-state index in [1.54, 1.807) is 24.3 Å². The molecule has 2 N–H and O–H groups in total. The molecule has 0 radical (unpaired) electrons. The number of anilines is 2. The summed E-state index contributed by atoms with van der Waals surface area (Å²) in [6, 6.07) is 0. The Balaban J connectivity index is 2.26. The summed E-state index contributed by atoms with van der Waals surface area (Å²) in [5.41, 5.74) is 0. The van der Waals surface area contributed by atoms with E-state index < -0.39 is 5.97 Å². The molecule has 2 heterocycles. The maximum absolute atomic E-state index is 10.7. The molecule has 2 aromatic heterocycles. The summed E-state index contributed by atoms with van der Waals surface area (Å²) in [6.45, 7) is 0. The molecule has 0 unspecified atom stereocenters. The molecule has 0 aliphatic carbocycles. The zero-order valence-electron chi connectivity index (χ0n) is 7.84. The van der Waals surface area contributed by atoms with Crippen molar-refractivity contribution in [3.8, 4) is 0 Å². The van der Waals surface area contributed by atoms with Crippen LogP contribution in [0.3, 0.4) is 0 Å². The van der Waals surface area contributed by atoms with Gasteiger partial charge in [-0.05, 0) is 0 Å². The molecule has 7 heteroatoms. The smallest absolute Gasteiger partial charge is 0.347 e. The summed E-state index contributed by atoms with van der Waals surface area (Å²) in [5, 5.41) is 9.32. The van der Waals surface area contributed by atoms with E-state index in [-0.39, 0.29) is 4.88 Å². The van der Waals surface area contributed by atoms with Gasteiger partial charge in [-0.2, -0.15) is 0 Å². The van der Waals surface area contributed by atoms with Crippen LogP contribution in [0.2, 0.25) is 0 Å². The number of thiazole rings is 1. The third-order valence-corrected chi connectivity index (χ3v) is 2.85. The standard InChI is InChI=1S/C8H8N4O2S/c1-12(7-9-2-3-10-7)8-11-4-5(15-8)6(13)14/h2-4H,1H3,(H,9,10)(H,13,14). The van der Waals surface area contributed by atoms with Crippen molar-refractivity contribution in [1.82, 2.24) is 15.0 Å². The number of H-pyrrole nitrogens is 1. The van der Waals surface area contributed by atoms with Crippen LogP contribution in [0, 0.1) is 0 Å². The largest absolute Gasteiger partial charge is 0.477 e. The first-order chi connectivity index (χ1) is 7.18. The van der Waals surface area contributed by atoms with Crippen LogP contribution in [0.5, 0.6) is 0 Å². The monoisotopic (exact) mass is 224 g/mol. The molecular formula is C8H8N4O2S. The van der Waals surface area contributed by atoms with Gasteiger partial charge in [0.1, 0.15) is 4.88 Å². The van der Waals surface area contributed by atoms with E-state index in [1.807, 2.05) is 0 Å². The van der Waals surface area contributed by atoms with Gasteiger partial charge in [-0.15, -0.1) is 0 Å². The number of imidazole rings is 1. The molecule has 0 aromatic carbocycles.